The van der Waals surface area contributed by atoms with Crippen molar-refractivity contribution in [2.75, 3.05) is 19.7 Å². The minimum Gasteiger partial charge on any atom is -0.396 e. The standard InChI is InChI=1S/C10H22N2O2/c1-8(2)9(3)12-10(14)7-11-5-4-6-13/h8-9,11,13H,4-7H2,1-3H3,(H,12,14). The molecular formula is C10H22N2O2. The molecular weight excluding hydrogens is 180 g/mol. The second-order valence-electron chi connectivity index (χ2n) is 3.85. The molecule has 0 aliphatic carbocycles. The lowest BCUT2D eigenvalue weighted by molar-refractivity contribution is -0.121. The maximum atomic E-state index is 11.3. The van der Waals surface area contributed by atoms with Crippen LogP contribution in [-0.2, 0) is 4.79 Å². The number of hydrogen-bond donors (Lipinski definition) is 3. The predicted molar refractivity (Wildman–Crippen MR) is 57.0 cm³/mol. The van der Waals surface area contributed by atoms with Gasteiger partial charge < -0.3 is 15.7 Å². The zero-order valence-corrected chi connectivity index (χ0v) is 9.34. The van der Waals surface area contributed by atoms with E-state index in [1.165, 1.54) is 0 Å². The van der Waals surface area contributed by atoms with E-state index in [1.807, 2.05) is 6.92 Å². The van der Waals surface area contributed by atoms with Gasteiger partial charge in [-0.2, -0.15) is 0 Å². The second kappa shape index (κ2) is 7.76. The van der Waals surface area contributed by atoms with E-state index in [2.05, 4.69) is 24.5 Å². The fraction of sp³-hybridized carbons (Fsp3) is 0.900. The molecule has 3 N–H and O–H groups in total. The number of carbonyl (C=O) groups excluding carboxylic acids is 1. The highest BCUT2D eigenvalue weighted by molar-refractivity contribution is 5.78. The molecule has 0 bridgehead atoms. The maximum Gasteiger partial charge on any atom is 0.234 e. The van der Waals surface area contributed by atoms with Gasteiger partial charge in [0.2, 0.25) is 5.91 Å². The lowest BCUT2D eigenvalue weighted by atomic mass is 10.1. The predicted octanol–water partition coefficient (Wildman–Crippen LogP) is 0.119. The van der Waals surface area contributed by atoms with E-state index in [4.69, 9.17) is 5.11 Å². The summed E-state index contributed by atoms with van der Waals surface area (Å²) in [5.74, 6) is 0.473. The number of amides is 1. The highest BCUT2D eigenvalue weighted by atomic mass is 16.3. The monoisotopic (exact) mass is 202 g/mol. The molecule has 1 unspecified atom stereocenters. The Morgan fingerprint density at radius 1 is 1.36 bits per heavy atom. The number of carbonyl (C=O) groups is 1. The van der Waals surface area contributed by atoms with E-state index < -0.39 is 0 Å². The van der Waals surface area contributed by atoms with E-state index >= 15 is 0 Å². The first-order valence-corrected chi connectivity index (χ1v) is 5.19. The van der Waals surface area contributed by atoms with Crippen LogP contribution in [0.15, 0.2) is 0 Å². The van der Waals surface area contributed by atoms with E-state index in [-0.39, 0.29) is 18.6 Å². The van der Waals surface area contributed by atoms with Crippen LogP contribution in [-0.4, -0.2) is 36.8 Å². The molecule has 0 rings (SSSR count). The van der Waals surface area contributed by atoms with Gasteiger partial charge in [0.15, 0.2) is 0 Å². The van der Waals surface area contributed by atoms with Crippen molar-refractivity contribution in [1.82, 2.24) is 10.6 Å². The normalized spacial score (nSPS) is 12.9. The minimum atomic E-state index is 0.0177. The Morgan fingerprint density at radius 3 is 2.50 bits per heavy atom. The van der Waals surface area contributed by atoms with Crippen LogP contribution >= 0.6 is 0 Å². The Hall–Kier alpha value is -0.610. The molecule has 0 aromatic rings. The van der Waals surface area contributed by atoms with Gasteiger partial charge in [-0.3, -0.25) is 4.79 Å². The average molecular weight is 202 g/mol. The summed E-state index contributed by atoms with van der Waals surface area (Å²) in [6.45, 7) is 7.32. The van der Waals surface area contributed by atoms with Gasteiger partial charge in [0.25, 0.3) is 0 Å². The van der Waals surface area contributed by atoms with Crippen LogP contribution in [0.3, 0.4) is 0 Å². The molecule has 0 aliphatic heterocycles. The third-order valence-corrected chi connectivity index (χ3v) is 2.19. The molecule has 0 fully saturated rings. The number of aliphatic hydroxyl groups excluding tert-OH is 1. The third kappa shape index (κ3) is 6.86. The Balaban J connectivity index is 3.45. The SMILES string of the molecule is CC(C)C(C)NC(=O)CNCCCO. The van der Waals surface area contributed by atoms with Gasteiger partial charge in [-0.1, -0.05) is 13.8 Å². The molecule has 0 aromatic carbocycles. The molecule has 0 saturated heterocycles. The molecule has 1 amide bonds. The molecule has 4 nitrogen and oxygen atoms in total. The van der Waals surface area contributed by atoms with Crippen LogP contribution < -0.4 is 10.6 Å². The van der Waals surface area contributed by atoms with Crippen molar-refractivity contribution in [2.45, 2.75) is 33.2 Å². The summed E-state index contributed by atoms with van der Waals surface area (Å²) >= 11 is 0. The number of rotatable bonds is 7. The van der Waals surface area contributed by atoms with Gasteiger partial charge in [0.1, 0.15) is 0 Å². The molecule has 0 saturated carbocycles. The van der Waals surface area contributed by atoms with Crippen LogP contribution in [0.5, 0.6) is 0 Å². The zero-order valence-electron chi connectivity index (χ0n) is 9.34. The van der Waals surface area contributed by atoms with Crippen molar-refractivity contribution >= 4 is 5.91 Å². The Morgan fingerprint density at radius 2 is 2.00 bits per heavy atom. The smallest absolute Gasteiger partial charge is 0.234 e. The summed E-state index contributed by atoms with van der Waals surface area (Å²) in [4.78, 5) is 11.3. The fourth-order valence-electron chi connectivity index (χ4n) is 0.878. The summed E-state index contributed by atoms with van der Waals surface area (Å²) in [7, 11) is 0. The lowest BCUT2D eigenvalue weighted by Crippen LogP contribution is -2.41. The minimum absolute atomic E-state index is 0.0177. The molecule has 0 radical (unpaired) electrons. The summed E-state index contributed by atoms with van der Waals surface area (Å²) in [6.07, 6.45) is 0.688. The van der Waals surface area contributed by atoms with E-state index in [0.717, 1.165) is 0 Å². The molecule has 84 valence electrons. The molecule has 0 heterocycles. The zero-order chi connectivity index (χ0) is 11.0. The van der Waals surface area contributed by atoms with E-state index in [9.17, 15) is 4.79 Å². The van der Waals surface area contributed by atoms with Gasteiger partial charge in [-0.05, 0) is 25.8 Å². The summed E-state index contributed by atoms with van der Waals surface area (Å²) < 4.78 is 0. The van der Waals surface area contributed by atoms with Crippen molar-refractivity contribution in [3.8, 4) is 0 Å². The molecule has 0 aliphatic rings. The first-order valence-electron chi connectivity index (χ1n) is 5.19. The summed E-state index contributed by atoms with van der Waals surface area (Å²) in [5.41, 5.74) is 0. The Labute approximate surface area is 86.1 Å². The first-order chi connectivity index (χ1) is 6.57. The van der Waals surface area contributed by atoms with Crippen molar-refractivity contribution in [2.24, 2.45) is 5.92 Å². The van der Waals surface area contributed by atoms with Gasteiger partial charge in [0.05, 0.1) is 6.54 Å². The number of nitrogens with one attached hydrogen (secondary N) is 2. The van der Waals surface area contributed by atoms with Gasteiger partial charge in [-0.25, -0.2) is 0 Å². The van der Waals surface area contributed by atoms with Crippen molar-refractivity contribution in [3.63, 3.8) is 0 Å². The third-order valence-electron chi connectivity index (χ3n) is 2.19. The van der Waals surface area contributed by atoms with Crippen LogP contribution in [0.2, 0.25) is 0 Å². The van der Waals surface area contributed by atoms with Crippen molar-refractivity contribution in [1.29, 1.82) is 0 Å². The van der Waals surface area contributed by atoms with Crippen LogP contribution in [0, 0.1) is 5.92 Å². The van der Waals surface area contributed by atoms with Crippen LogP contribution in [0.4, 0.5) is 0 Å². The van der Waals surface area contributed by atoms with Crippen LogP contribution in [0.1, 0.15) is 27.2 Å². The van der Waals surface area contributed by atoms with Gasteiger partial charge in [-0.15, -0.1) is 0 Å². The lowest BCUT2D eigenvalue weighted by Gasteiger charge is -2.17. The topological polar surface area (TPSA) is 61.4 Å². The molecule has 14 heavy (non-hydrogen) atoms. The first kappa shape index (κ1) is 13.4. The average Bonchev–Trinajstić information content (AvgIpc) is 2.12. The van der Waals surface area contributed by atoms with Gasteiger partial charge in [0, 0.05) is 12.6 Å². The molecule has 0 spiro atoms. The molecule has 4 heteroatoms. The summed E-state index contributed by atoms with van der Waals surface area (Å²) in [6, 6.07) is 0.210. The second-order valence-corrected chi connectivity index (χ2v) is 3.85. The van der Waals surface area contributed by atoms with Crippen molar-refractivity contribution < 1.29 is 9.90 Å². The highest BCUT2D eigenvalue weighted by Crippen LogP contribution is 1.98. The Kier molecular flexibility index (Phi) is 7.42. The quantitative estimate of drug-likeness (QED) is 0.514. The fourth-order valence-corrected chi connectivity index (χ4v) is 0.878. The van der Waals surface area contributed by atoms with Crippen LogP contribution in [0.25, 0.3) is 0 Å². The number of hydrogen-bond acceptors (Lipinski definition) is 3. The maximum absolute atomic E-state index is 11.3. The summed E-state index contributed by atoms with van der Waals surface area (Å²) in [5, 5.41) is 14.4. The highest BCUT2D eigenvalue weighted by Gasteiger charge is 2.09. The number of aliphatic hydroxyl groups is 1. The Bertz CT molecular complexity index is 160. The van der Waals surface area contributed by atoms with Crippen molar-refractivity contribution in [3.05, 3.63) is 0 Å². The van der Waals surface area contributed by atoms with E-state index in [0.29, 0.717) is 25.4 Å². The van der Waals surface area contributed by atoms with E-state index in [1.54, 1.807) is 0 Å². The van der Waals surface area contributed by atoms with Gasteiger partial charge >= 0.3 is 0 Å². The largest absolute Gasteiger partial charge is 0.396 e. The molecule has 0 aromatic heterocycles. The molecule has 1 atom stereocenters.